The number of para-hydroxylation sites is 10. The van der Waals surface area contributed by atoms with Crippen molar-refractivity contribution in [1.82, 2.24) is 61.7 Å². The molecule has 0 saturated heterocycles. The van der Waals surface area contributed by atoms with Gasteiger partial charge in [0, 0.05) is 69.6 Å². The standard InChI is InChI=1S/C33H24N2O2S.C31H21N3O2S.C29H19N5O2S.C27H19N3O2S/c1-2-32-34-28-9-6-10-30-33(28)35(32)29-20-19-27(21-31(29)38(30,36)37)26-17-15-25(16-18-26)24-13-11-23(12-14-24)22-7-4-3-5-8-22;1-2-29-32-23-11-7-13-27-31(23)34(29)25-17-15-20(18-28(25)37(27,35)36)33-24-12-6-5-10-22(24)30-21-9-4-3-8-19(21)14-16-26(30)33;1-2-26-30-21-11-7-13-24-27(21)33(26)23-15-14-17(16-25(23)37(24,35)36)28-31-19-9-4-3-8-18(19)29-32-20-10-5-6-12-22(20)34(28)29;1-2-26-28-20-10-7-13-24-27(20)30(26)23-15-14-17(16-25(23)33(24,31)32)29-21-11-5-3-8-18(21)19-9-4-6-12-22(19)29/h3-21H,2H2,1H3;3-18H,2H2,1H3;3-16H,2H2,1H3;3-16H,2H2,1H3/i3D,4D,5D,7D,8D;;;. The van der Waals surface area contributed by atoms with Crippen LogP contribution in [0.2, 0.25) is 0 Å². The van der Waals surface area contributed by atoms with Crippen LogP contribution < -0.4 is 0 Å². The van der Waals surface area contributed by atoms with Crippen molar-refractivity contribution in [2.24, 2.45) is 0 Å². The highest BCUT2D eigenvalue weighted by Gasteiger charge is 2.40. The van der Waals surface area contributed by atoms with Gasteiger partial charge in [0.05, 0.1) is 152 Å². The maximum Gasteiger partial charge on any atom is 0.210 e. The molecule has 700 valence electrons. The molecule has 0 saturated carbocycles. The van der Waals surface area contributed by atoms with Crippen molar-refractivity contribution in [2.45, 2.75) is 92.5 Å². The van der Waals surface area contributed by atoms with Crippen LogP contribution in [0.15, 0.2) is 421 Å². The van der Waals surface area contributed by atoms with Gasteiger partial charge in [-0.05, 0) is 208 Å². The van der Waals surface area contributed by atoms with E-state index in [4.69, 9.17) is 31.8 Å². The van der Waals surface area contributed by atoms with Gasteiger partial charge in [0.25, 0.3) is 0 Å². The Kier molecular flexibility index (Phi) is 18.3. The minimum atomic E-state index is -3.77. The molecule has 25 heteroatoms. The first-order valence-electron chi connectivity index (χ1n) is 50.3. The summed E-state index contributed by atoms with van der Waals surface area (Å²) in [4.78, 5) is 31.1. The third-order valence-electron chi connectivity index (χ3n) is 28.5. The van der Waals surface area contributed by atoms with Crippen LogP contribution in [0.4, 0.5) is 0 Å². The monoisotopic (exact) mass is 1970 g/mol. The molecule has 0 spiro atoms. The molecule has 0 bridgehead atoms. The topological polar surface area (TPSA) is 248 Å². The van der Waals surface area contributed by atoms with Crippen LogP contribution >= 0.6 is 0 Å². The first-order valence-corrected chi connectivity index (χ1v) is 53.7. The van der Waals surface area contributed by atoms with Crippen molar-refractivity contribution in [3.05, 3.63) is 405 Å². The van der Waals surface area contributed by atoms with E-state index in [9.17, 15) is 33.7 Å². The quantitative estimate of drug-likeness (QED) is 0.124. The molecule has 12 heterocycles. The van der Waals surface area contributed by atoms with E-state index in [1.54, 1.807) is 72.8 Å². The van der Waals surface area contributed by atoms with Crippen molar-refractivity contribution in [1.29, 1.82) is 0 Å². The zero-order valence-corrected chi connectivity index (χ0v) is 81.3. The summed E-state index contributed by atoms with van der Waals surface area (Å²) in [5, 5.41) is 7.90. The molecule has 30 rings (SSSR count). The number of imidazole rings is 5. The fourth-order valence-electron chi connectivity index (χ4n) is 22.0. The molecule has 8 aromatic heterocycles. The lowest BCUT2D eigenvalue weighted by Crippen LogP contribution is -2.16. The van der Waals surface area contributed by atoms with Gasteiger partial charge in [-0.25, -0.2) is 63.6 Å². The maximum atomic E-state index is 14.0. The highest BCUT2D eigenvalue weighted by atomic mass is 32.2. The SMILES string of the molecule is CCc1nc2cccc3c2n1-c1ccc(-c2nc4ccccc4c4nc5ccccc5n24)cc1S3(=O)=O.CCc1nc2cccc3c2n1-c1ccc(-n2c4ccccc4c4c5ccccc5ccc42)cc1S3(=O)=O.CCc1nc2cccc3c2n1-c1ccc(-n2c4ccccc4c4ccccc42)cc1S3(=O)=O.[2H]c1c([2H])c([2H])c(-c2ccc(-c3ccc(-c4ccc5c(c4)S(=O)(=O)c4cccc6nc(CC)n-5c46)cc3)cc2)c([2H])c1[2H]. The predicted molar refractivity (Wildman–Crippen MR) is 573 cm³/mol. The Morgan fingerprint density at radius 2 is 0.579 bits per heavy atom. The molecule has 21 nitrogen and oxygen atoms in total. The van der Waals surface area contributed by atoms with Crippen molar-refractivity contribution < 1.29 is 40.5 Å². The zero-order chi connectivity index (χ0) is 102. The number of nitrogens with zero attached hydrogens (tertiary/aromatic N) is 13. The van der Waals surface area contributed by atoms with Crippen LogP contribution in [0.1, 0.15) is 57.8 Å². The molecule has 18 aromatic carbocycles. The molecule has 0 amide bonds. The summed E-state index contributed by atoms with van der Waals surface area (Å²) in [7, 11) is -14.9. The van der Waals surface area contributed by atoms with Gasteiger partial charge < -0.3 is 9.13 Å². The fourth-order valence-corrected chi connectivity index (χ4v) is 28.6. The second-order valence-electron chi connectivity index (χ2n) is 36.3. The molecule has 0 unspecified atom stereocenters. The molecular weight excluding hydrogens is 1880 g/mol. The molecule has 0 atom stereocenters. The maximum absolute atomic E-state index is 14.0. The summed E-state index contributed by atoms with van der Waals surface area (Å²) in [6.45, 7) is 8.12. The first kappa shape index (κ1) is 81.3. The molecule has 0 radical (unpaired) electrons. The summed E-state index contributed by atoms with van der Waals surface area (Å²) in [5.41, 5.74) is 22.0. The lowest BCUT2D eigenvalue weighted by Gasteiger charge is -2.22. The summed E-state index contributed by atoms with van der Waals surface area (Å²) >= 11 is 0. The zero-order valence-electron chi connectivity index (χ0n) is 83.0. The first-order chi connectivity index (χ1) is 72.8. The minimum Gasteiger partial charge on any atom is -0.309 e. The second kappa shape index (κ2) is 32.6. The number of fused-ring (bicyclic) bond motifs is 21. The van der Waals surface area contributed by atoms with E-state index in [1.807, 2.05) is 251 Å². The van der Waals surface area contributed by atoms with Gasteiger partial charge in [-0.15, -0.1) is 0 Å². The third-order valence-corrected chi connectivity index (χ3v) is 35.7. The largest absolute Gasteiger partial charge is 0.309 e. The van der Waals surface area contributed by atoms with Crippen LogP contribution in [-0.4, -0.2) is 95.4 Å². The minimum absolute atomic E-state index is 0.167. The van der Waals surface area contributed by atoms with E-state index in [1.165, 1.54) is 16.2 Å². The molecule has 0 fully saturated rings. The number of hydrogen-bond donors (Lipinski definition) is 0. The third kappa shape index (κ3) is 13.0. The van der Waals surface area contributed by atoms with E-state index < -0.39 is 45.4 Å². The Morgan fingerprint density at radius 1 is 0.241 bits per heavy atom. The molecule has 4 aliphatic rings. The van der Waals surface area contributed by atoms with Gasteiger partial charge in [-0.1, -0.05) is 246 Å². The fraction of sp³-hybridized carbons (Fsp3) is 0.0667. The molecule has 0 aliphatic carbocycles. The Hall–Kier alpha value is -17.4. The molecule has 26 aromatic rings. The number of rotatable bonds is 10. The van der Waals surface area contributed by atoms with Crippen molar-refractivity contribution in [3.63, 3.8) is 0 Å². The van der Waals surface area contributed by atoms with E-state index in [0.29, 0.717) is 129 Å². The van der Waals surface area contributed by atoms with Gasteiger partial charge in [0.1, 0.15) is 34.8 Å². The normalized spacial score (nSPS) is 14.4. The molecular formula is C120H83N13O8S4. The van der Waals surface area contributed by atoms with Crippen molar-refractivity contribution >= 4 is 165 Å². The lowest BCUT2D eigenvalue weighted by atomic mass is 9.98. The molecule has 4 aliphatic heterocycles. The van der Waals surface area contributed by atoms with Gasteiger partial charge in [-0.2, -0.15) is 0 Å². The van der Waals surface area contributed by atoms with Crippen LogP contribution in [-0.2, 0) is 65.0 Å². The van der Waals surface area contributed by atoms with Crippen LogP contribution in [0.5, 0.6) is 0 Å². The second-order valence-corrected chi connectivity index (χ2v) is 43.9. The number of benzene rings is 18. The summed E-state index contributed by atoms with van der Waals surface area (Å²) in [6.07, 6.45) is 2.76. The van der Waals surface area contributed by atoms with E-state index in [-0.39, 0.29) is 49.3 Å². The summed E-state index contributed by atoms with van der Waals surface area (Å²) in [5.74, 6) is 4.00. The van der Waals surface area contributed by atoms with Gasteiger partial charge in [0.15, 0.2) is 0 Å². The summed E-state index contributed by atoms with van der Waals surface area (Å²) < 4.78 is 165. The Morgan fingerprint density at radius 3 is 1.03 bits per heavy atom. The number of aryl methyl sites for hydroxylation is 4. The molecule has 0 N–H and O–H groups in total. The van der Waals surface area contributed by atoms with Gasteiger partial charge >= 0.3 is 0 Å². The van der Waals surface area contributed by atoms with E-state index in [2.05, 4.69) is 93.0 Å². The van der Waals surface area contributed by atoms with Gasteiger partial charge in [0.2, 0.25) is 39.3 Å². The van der Waals surface area contributed by atoms with Gasteiger partial charge in [-0.3, -0.25) is 22.7 Å². The highest BCUT2D eigenvalue weighted by molar-refractivity contribution is 7.93. The number of aromatic nitrogens is 13. The number of hydrogen-bond acceptors (Lipinski definition) is 14. The van der Waals surface area contributed by atoms with Crippen molar-refractivity contribution in [2.75, 3.05) is 0 Å². The van der Waals surface area contributed by atoms with Crippen molar-refractivity contribution in [3.8, 4) is 78.9 Å². The highest BCUT2D eigenvalue weighted by Crippen LogP contribution is 2.49. The Bertz CT molecular complexity index is 10900. The molecule has 145 heavy (non-hydrogen) atoms. The van der Waals surface area contributed by atoms with E-state index >= 15 is 0 Å². The smallest absolute Gasteiger partial charge is 0.210 e. The average molecular weight is 1970 g/mol. The Labute approximate surface area is 838 Å². The van der Waals surface area contributed by atoms with E-state index in [0.717, 1.165) is 123 Å². The average Bonchev–Trinajstić information content (AvgIpc) is 1.51. The van der Waals surface area contributed by atoms with Crippen LogP contribution in [0.25, 0.3) is 205 Å². The van der Waals surface area contributed by atoms with Crippen LogP contribution in [0.3, 0.4) is 0 Å². The predicted octanol–water partition coefficient (Wildman–Crippen LogP) is 26.3. The van der Waals surface area contributed by atoms with Crippen LogP contribution in [0, 0.1) is 0 Å². The lowest BCUT2D eigenvalue weighted by molar-refractivity contribution is 0.592. The number of sulfone groups is 4. The Balaban J connectivity index is 0.0000000987. The summed E-state index contributed by atoms with van der Waals surface area (Å²) in [6, 6.07) is 110.